The summed E-state index contributed by atoms with van der Waals surface area (Å²) in [5.74, 6) is -2.45. The summed E-state index contributed by atoms with van der Waals surface area (Å²) in [5.41, 5.74) is 0. The molecule has 2 unspecified atom stereocenters. The van der Waals surface area contributed by atoms with Crippen LogP contribution in [0.15, 0.2) is 24.3 Å². The van der Waals surface area contributed by atoms with Crippen molar-refractivity contribution in [2.24, 2.45) is 5.92 Å². The lowest BCUT2D eigenvalue weighted by Gasteiger charge is -2.14. The fraction of sp³-hybridized carbons (Fsp3) is 0.286. The van der Waals surface area contributed by atoms with Crippen molar-refractivity contribution >= 4 is 33.3 Å². The Balaban J connectivity index is 1.79. The molecule has 1 aromatic heterocycles. The minimum absolute atomic E-state index is 0.0951. The molecule has 2 aromatic rings. The van der Waals surface area contributed by atoms with E-state index in [-0.39, 0.29) is 24.9 Å². The molecule has 0 spiro atoms. The number of carboxylic acids is 1. The van der Waals surface area contributed by atoms with Crippen LogP contribution in [-0.2, 0) is 9.53 Å². The van der Waals surface area contributed by atoms with Crippen LogP contribution in [0.1, 0.15) is 9.67 Å². The highest BCUT2D eigenvalue weighted by atomic mass is 32.1. The summed E-state index contributed by atoms with van der Waals surface area (Å²) in [7, 11) is 0. The van der Waals surface area contributed by atoms with E-state index < -0.39 is 17.9 Å². The third-order valence-corrected chi connectivity index (χ3v) is 4.53. The monoisotopic (exact) mass is 309 g/mol. The second kappa shape index (κ2) is 5.42. The van der Waals surface area contributed by atoms with Crippen LogP contribution in [0.4, 0.5) is 4.39 Å². The highest BCUT2D eigenvalue weighted by Gasteiger charge is 2.35. The first kappa shape index (κ1) is 14.0. The van der Waals surface area contributed by atoms with E-state index in [9.17, 15) is 14.0 Å². The Labute approximate surface area is 123 Å². The van der Waals surface area contributed by atoms with E-state index in [1.807, 2.05) is 0 Å². The topological polar surface area (TPSA) is 75.6 Å². The Morgan fingerprint density at radius 3 is 2.90 bits per heavy atom. The smallest absolute Gasteiger partial charge is 0.311 e. The van der Waals surface area contributed by atoms with Crippen molar-refractivity contribution in [1.29, 1.82) is 0 Å². The highest BCUT2D eigenvalue weighted by molar-refractivity contribution is 7.20. The standard InChI is InChI=1S/C14H12FNO4S/c15-8-1-2-11-7(3-8)4-12(21-11)13(17)16-10-6-20-5-9(10)14(18)19/h1-4,9-10H,5-6H2,(H,16,17)(H,18,19). The van der Waals surface area contributed by atoms with Gasteiger partial charge in [-0.15, -0.1) is 11.3 Å². The maximum atomic E-state index is 13.1. The Hall–Kier alpha value is -1.99. The molecular formula is C14H12FNO4S. The van der Waals surface area contributed by atoms with Gasteiger partial charge in [0.15, 0.2) is 0 Å². The summed E-state index contributed by atoms with van der Waals surface area (Å²) in [4.78, 5) is 23.6. The summed E-state index contributed by atoms with van der Waals surface area (Å²) in [6.45, 7) is 0.278. The van der Waals surface area contributed by atoms with Gasteiger partial charge in [-0.05, 0) is 29.7 Å². The van der Waals surface area contributed by atoms with Crippen molar-refractivity contribution in [3.05, 3.63) is 35.0 Å². The van der Waals surface area contributed by atoms with Crippen LogP contribution in [0.5, 0.6) is 0 Å². The number of carbonyl (C=O) groups excluding carboxylic acids is 1. The predicted molar refractivity (Wildman–Crippen MR) is 75.0 cm³/mol. The molecule has 1 aliphatic rings. The number of fused-ring (bicyclic) bond motifs is 1. The molecule has 1 saturated heterocycles. The number of carbonyl (C=O) groups is 2. The lowest BCUT2D eigenvalue weighted by atomic mass is 10.0. The number of thiophene rings is 1. The highest BCUT2D eigenvalue weighted by Crippen LogP contribution is 2.26. The molecule has 0 radical (unpaired) electrons. The number of ether oxygens (including phenoxy) is 1. The molecule has 0 saturated carbocycles. The average molecular weight is 309 g/mol. The molecule has 1 amide bonds. The molecule has 2 heterocycles. The number of aliphatic carboxylic acids is 1. The maximum Gasteiger partial charge on any atom is 0.311 e. The van der Waals surface area contributed by atoms with Gasteiger partial charge in [0.25, 0.3) is 5.91 Å². The van der Waals surface area contributed by atoms with Crippen LogP contribution < -0.4 is 5.32 Å². The number of amides is 1. The van der Waals surface area contributed by atoms with Gasteiger partial charge in [0, 0.05) is 4.70 Å². The van der Waals surface area contributed by atoms with E-state index in [1.54, 1.807) is 12.1 Å². The lowest BCUT2D eigenvalue weighted by Crippen LogP contribution is -2.42. The van der Waals surface area contributed by atoms with E-state index in [4.69, 9.17) is 9.84 Å². The number of hydrogen-bond acceptors (Lipinski definition) is 4. The van der Waals surface area contributed by atoms with Gasteiger partial charge < -0.3 is 15.2 Å². The lowest BCUT2D eigenvalue weighted by molar-refractivity contribution is -0.142. The van der Waals surface area contributed by atoms with Crippen LogP contribution in [0, 0.1) is 11.7 Å². The summed E-state index contributed by atoms with van der Waals surface area (Å²) in [6.07, 6.45) is 0. The molecule has 0 bridgehead atoms. The molecule has 0 aliphatic carbocycles. The van der Waals surface area contributed by atoms with Gasteiger partial charge in [-0.25, -0.2) is 4.39 Å². The molecule has 1 aliphatic heterocycles. The van der Waals surface area contributed by atoms with E-state index in [0.717, 1.165) is 4.70 Å². The fourth-order valence-corrected chi connectivity index (χ4v) is 3.25. The largest absolute Gasteiger partial charge is 0.481 e. The first-order valence-electron chi connectivity index (χ1n) is 6.35. The van der Waals surface area contributed by atoms with Crippen LogP contribution in [0.25, 0.3) is 10.1 Å². The summed E-state index contributed by atoms with van der Waals surface area (Å²) in [6, 6.07) is 5.37. The molecule has 3 rings (SSSR count). The van der Waals surface area contributed by atoms with Crippen LogP contribution in [0.2, 0.25) is 0 Å². The second-order valence-electron chi connectivity index (χ2n) is 4.85. The number of halogens is 1. The van der Waals surface area contributed by atoms with Crippen molar-refractivity contribution in [2.45, 2.75) is 6.04 Å². The maximum absolute atomic E-state index is 13.1. The third kappa shape index (κ3) is 2.74. The van der Waals surface area contributed by atoms with Crippen molar-refractivity contribution in [3.63, 3.8) is 0 Å². The molecule has 1 aromatic carbocycles. The Morgan fingerprint density at radius 2 is 2.14 bits per heavy atom. The minimum atomic E-state index is -0.990. The molecule has 1 fully saturated rings. The fourth-order valence-electron chi connectivity index (χ4n) is 2.31. The number of carboxylic acid groups (broad SMARTS) is 1. The van der Waals surface area contributed by atoms with Gasteiger partial charge in [0.1, 0.15) is 11.7 Å². The van der Waals surface area contributed by atoms with Crippen LogP contribution >= 0.6 is 11.3 Å². The third-order valence-electron chi connectivity index (χ3n) is 3.42. The molecule has 5 nitrogen and oxygen atoms in total. The molecule has 2 atom stereocenters. The number of nitrogens with one attached hydrogen (secondary N) is 1. The van der Waals surface area contributed by atoms with E-state index in [1.165, 1.54) is 23.5 Å². The first-order chi connectivity index (χ1) is 10.0. The van der Waals surface area contributed by atoms with Gasteiger partial charge in [0.2, 0.25) is 0 Å². The summed E-state index contributed by atoms with van der Waals surface area (Å²) >= 11 is 1.24. The zero-order valence-electron chi connectivity index (χ0n) is 10.8. The zero-order valence-corrected chi connectivity index (χ0v) is 11.7. The van der Waals surface area contributed by atoms with Crippen LogP contribution in [-0.4, -0.2) is 36.2 Å². The van der Waals surface area contributed by atoms with Gasteiger partial charge in [0.05, 0.1) is 24.1 Å². The average Bonchev–Trinajstić information content (AvgIpc) is 3.04. The van der Waals surface area contributed by atoms with Crippen molar-refractivity contribution in [1.82, 2.24) is 5.32 Å². The Bertz CT molecular complexity index is 714. The Kier molecular flexibility index (Phi) is 3.60. The first-order valence-corrected chi connectivity index (χ1v) is 7.17. The van der Waals surface area contributed by atoms with Gasteiger partial charge in [-0.2, -0.15) is 0 Å². The summed E-state index contributed by atoms with van der Waals surface area (Å²) < 4.78 is 19.0. The number of rotatable bonds is 3. The van der Waals surface area contributed by atoms with Gasteiger partial charge in [-0.3, -0.25) is 9.59 Å². The van der Waals surface area contributed by atoms with Gasteiger partial charge >= 0.3 is 5.97 Å². The molecule has 7 heteroatoms. The van der Waals surface area contributed by atoms with Crippen molar-refractivity contribution < 1.29 is 23.8 Å². The quantitative estimate of drug-likeness (QED) is 0.907. The SMILES string of the molecule is O=C(NC1COCC1C(=O)O)c1cc2cc(F)ccc2s1. The molecule has 110 valence electrons. The molecule has 2 N–H and O–H groups in total. The minimum Gasteiger partial charge on any atom is -0.481 e. The van der Waals surface area contributed by atoms with Gasteiger partial charge in [-0.1, -0.05) is 0 Å². The van der Waals surface area contributed by atoms with E-state index >= 15 is 0 Å². The second-order valence-corrected chi connectivity index (χ2v) is 5.94. The van der Waals surface area contributed by atoms with Crippen LogP contribution in [0.3, 0.4) is 0 Å². The van der Waals surface area contributed by atoms with Crippen molar-refractivity contribution in [3.8, 4) is 0 Å². The normalized spacial score (nSPS) is 21.6. The van der Waals surface area contributed by atoms with E-state index in [2.05, 4.69) is 5.32 Å². The molecule has 21 heavy (non-hydrogen) atoms. The van der Waals surface area contributed by atoms with Crippen molar-refractivity contribution in [2.75, 3.05) is 13.2 Å². The number of benzene rings is 1. The summed E-state index contributed by atoms with van der Waals surface area (Å²) in [5, 5.41) is 12.4. The predicted octanol–water partition coefficient (Wildman–Crippen LogP) is 1.87. The Morgan fingerprint density at radius 1 is 1.33 bits per heavy atom. The molecular weight excluding hydrogens is 297 g/mol. The number of hydrogen-bond donors (Lipinski definition) is 2. The van der Waals surface area contributed by atoms with E-state index in [0.29, 0.717) is 10.3 Å². The zero-order chi connectivity index (χ0) is 15.0.